The van der Waals surface area contributed by atoms with E-state index in [1.807, 2.05) is 4.90 Å². The molecule has 0 radical (unpaired) electrons. The molecule has 0 unspecified atom stereocenters. The Bertz CT molecular complexity index is 1540. The van der Waals surface area contributed by atoms with Crippen molar-refractivity contribution in [3.05, 3.63) is 75.3 Å². The first-order chi connectivity index (χ1) is 18.7. The first-order valence-electron chi connectivity index (χ1n) is 13.1. The number of fused-ring (bicyclic) bond motifs is 1. The Morgan fingerprint density at radius 3 is 2.36 bits per heavy atom. The van der Waals surface area contributed by atoms with Crippen LogP contribution in [-0.4, -0.2) is 63.1 Å². The molecule has 10 heteroatoms. The molecule has 1 amide bonds. The number of hydrogen-bond donors (Lipinski definition) is 1. The van der Waals surface area contributed by atoms with Crippen LogP contribution in [0.4, 0.5) is 0 Å². The Labute approximate surface area is 227 Å². The number of nitrogens with zero attached hydrogens (tertiary/aromatic N) is 5. The number of carbonyl (C=O) groups excluding carboxylic acids is 1. The molecule has 2 aromatic carbocycles. The highest BCUT2D eigenvalue weighted by Gasteiger charge is 2.27. The molecule has 1 saturated heterocycles. The second kappa shape index (κ2) is 10.5. The van der Waals surface area contributed by atoms with E-state index >= 15 is 0 Å². The van der Waals surface area contributed by atoms with Crippen LogP contribution in [0.3, 0.4) is 0 Å². The topological polar surface area (TPSA) is 115 Å². The number of carbonyl (C=O) groups is 1. The number of amides is 1. The number of aromatic amines is 1. The average molecular weight is 531 g/mol. The van der Waals surface area contributed by atoms with Crippen LogP contribution in [-0.2, 0) is 12.0 Å². The van der Waals surface area contributed by atoms with Crippen LogP contribution in [0.1, 0.15) is 66.8 Å². The van der Waals surface area contributed by atoms with Crippen LogP contribution in [0, 0.1) is 0 Å². The molecular weight excluding hydrogens is 496 g/mol. The lowest BCUT2D eigenvalue weighted by molar-refractivity contribution is 0.0710. The van der Waals surface area contributed by atoms with Crippen molar-refractivity contribution in [1.29, 1.82) is 0 Å². The number of methoxy groups -OCH3 is 2. The van der Waals surface area contributed by atoms with Crippen molar-refractivity contribution < 1.29 is 14.3 Å². The lowest BCUT2D eigenvalue weighted by Gasteiger charge is -2.31. The quantitative estimate of drug-likeness (QED) is 0.402. The minimum Gasteiger partial charge on any atom is -0.493 e. The third-order valence-corrected chi connectivity index (χ3v) is 7.34. The van der Waals surface area contributed by atoms with Gasteiger partial charge in [0.05, 0.1) is 20.8 Å². The van der Waals surface area contributed by atoms with Crippen LogP contribution in [0.25, 0.3) is 11.2 Å². The molecule has 0 aliphatic carbocycles. The van der Waals surface area contributed by atoms with Gasteiger partial charge in [0, 0.05) is 24.6 Å². The normalized spacial score (nSPS) is 14.5. The molecule has 4 aromatic rings. The Morgan fingerprint density at radius 1 is 1.03 bits per heavy atom. The SMILES string of the molecule is COc1ccc(C(=O)N2CCC(c3nc4c(nnn4Cc4ccc(C(C)(C)C)cc4)c(=O)[nH]3)CC2)cc1OC. The fourth-order valence-electron chi connectivity index (χ4n) is 4.97. The van der Waals surface area contributed by atoms with Gasteiger partial charge < -0.3 is 19.4 Å². The molecule has 1 aliphatic heterocycles. The zero-order valence-corrected chi connectivity index (χ0v) is 23.0. The molecule has 2 aromatic heterocycles. The van der Waals surface area contributed by atoms with E-state index in [4.69, 9.17) is 14.5 Å². The average Bonchev–Trinajstić information content (AvgIpc) is 3.35. The van der Waals surface area contributed by atoms with Gasteiger partial charge in [-0.2, -0.15) is 0 Å². The van der Waals surface area contributed by atoms with Gasteiger partial charge in [0.15, 0.2) is 22.7 Å². The van der Waals surface area contributed by atoms with Gasteiger partial charge in [0.1, 0.15) is 5.82 Å². The third-order valence-electron chi connectivity index (χ3n) is 7.34. The van der Waals surface area contributed by atoms with Crippen LogP contribution in [0.2, 0.25) is 0 Å². The Hall–Kier alpha value is -4.21. The van der Waals surface area contributed by atoms with E-state index in [9.17, 15) is 9.59 Å². The summed E-state index contributed by atoms with van der Waals surface area (Å²) in [5.41, 5.74) is 3.33. The van der Waals surface area contributed by atoms with Gasteiger partial charge >= 0.3 is 0 Å². The lowest BCUT2D eigenvalue weighted by atomic mass is 9.87. The molecule has 1 fully saturated rings. The van der Waals surface area contributed by atoms with Crippen LogP contribution < -0.4 is 15.0 Å². The van der Waals surface area contributed by atoms with Crippen molar-refractivity contribution >= 4 is 17.1 Å². The van der Waals surface area contributed by atoms with Gasteiger partial charge in [-0.25, -0.2) is 9.67 Å². The van der Waals surface area contributed by atoms with E-state index < -0.39 is 0 Å². The molecule has 0 saturated carbocycles. The minimum absolute atomic E-state index is 0.0194. The maximum Gasteiger partial charge on any atom is 0.281 e. The first-order valence-corrected chi connectivity index (χ1v) is 13.1. The summed E-state index contributed by atoms with van der Waals surface area (Å²) < 4.78 is 12.3. The predicted molar refractivity (Wildman–Crippen MR) is 148 cm³/mol. The Balaban J connectivity index is 1.31. The van der Waals surface area contributed by atoms with Crippen molar-refractivity contribution in [2.45, 2.75) is 51.5 Å². The van der Waals surface area contributed by atoms with Gasteiger partial charge in [0.25, 0.3) is 11.5 Å². The van der Waals surface area contributed by atoms with Crippen molar-refractivity contribution in [1.82, 2.24) is 29.9 Å². The molecule has 1 aliphatic rings. The standard InChI is InChI=1S/C29H34N6O4/c1-29(2,3)21-9-6-18(7-10-21)17-35-26-24(32-33-35)27(36)31-25(30-26)19-12-14-34(15-13-19)28(37)20-8-11-22(38-4)23(16-20)39-5/h6-11,16,19H,12-15,17H2,1-5H3,(H,30,31,36). The highest BCUT2D eigenvalue weighted by Crippen LogP contribution is 2.30. The van der Waals surface area contributed by atoms with E-state index in [2.05, 4.69) is 60.3 Å². The monoisotopic (exact) mass is 530 g/mol. The summed E-state index contributed by atoms with van der Waals surface area (Å²) >= 11 is 0. The van der Waals surface area contributed by atoms with Crippen LogP contribution >= 0.6 is 0 Å². The summed E-state index contributed by atoms with van der Waals surface area (Å²) in [4.78, 5) is 35.5. The number of rotatable bonds is 6. The van der Waals surface area contributed by atoms with Gasteiger partial charge in [-0.05, 0) is 47.6 Å². The van der Waals surface area contributed by atoms with E-state index in [1.54, 1.807) is 37.1 Å². The fraction of sp³-hybridized carbons (Fsp3) is 0.414. The lowest BCUT2D eigenvalue weighted by Crippen LogP contribution is -2.38. The molecule has 39 heavy (non-hydrogen) atoms. The highest BCUT2D eigenvalue weighted by atomic mass is 16.5. The molecule has 0 bridgehead atoms. The van der Waals surface area contributed by atoms with Crippen LogP contribution in [0.5, 0.6) is 11.5 Å². The molecule has 204 valence electrons. The summed E-state index contributed by atoms with van der Waals surface area (Å²) in [6, 6.07) is 13.6. The number of ether oxygens (including phenoxy) is 2. The van der Waals surface area contributed by atoms with Gasteiger partial charge in [-0.3, -0.25) is 9.59 Å². The van der Waals surface area contributed by atoms with Crippen LogP contribution in [0.15, 0.2) is 47.3 Å². The zero-order chi connectivity index (χ0) is 27.7. The predicted octanol–water partition coefficient (Wildman–Crippen LogP) is 3.90. The largest absolute Gasteiger partial charge is 0.493 e. The summed E-state index contributed by atoms with van der Waals surface area (Å²) in [5, 5.41) is 8.30. The molecule has 0 atom stereocenters. The minimum atomic E-state index is -0.298. The summed E-state index contributed by atoms with van der Waals surface area (Å²) in [7, 11) is 3.11. The number of nitrogens with one attached hydrogen (secondary N) is 1. The molecule has 10 nitrogen and oxygen atoms in total. The number of hydrogen-bond acceptors (Lipinski definition) is 7. The molecule has 1 N–H and O–H groups in total. The summed E-state index contributed by atoms with van der Waals surface area (Å²) in [6.45, 7) is 8.12. The van der Waals surface area contributed by atoms with E-state index in [1.165, 1.54) is 5.56 Å². The van der Waals surface area contributed by atoms with Gasteiger partial charge in [-0.15, -0.1) is 5.10 Å². The molecule has 3 heterocycles. The Morgan fingerprint density at radius 2 is 1.72 bits per heavy atom. The first kappa shape index (κ1) is 26.4. The Kier molecular flexibility index (Phi) is 7.12. The van der Waals surface area contributed by atoms with E-state index in [0.29, 0.717) is 61.0 Å². The van der Waals surface area contributed by atoms with E-state index in [-0.39, 0.29) is 28.3 Å². The third kappa shape index (κ3) is 5.36. The maximum absolute atomic E-state index is 13.1. The van der Waals surface area contributed by atoms with Crippen molar-refractivity contribution in [2.24, 2.45) is 0 Å². The summed E-state index contributed by atoms with van der Waals surface area (Å²) in [6.07, 6.45) is 1.37. The number of H-pyrrole nitrogens is 1. The van der Waals surface area contributed by atoms with Gasteiger partial charge in [0.2, 0.25) is 0 Å². The number of benzene rings is 2. The molecule has 5 rings (SSSR count). The van der Waals surface area contributed by atoms with Crippen molar-refractivity contribution in [3.8, 4) is 11.5 Å². The van der Waals surface area contributed by atoms with Gasteiger partial charge in [-0.1, -0.05) is 50.3 Å². The second-order valence-corrected chi connectivity index (χ2v) is 11.0. The zero-order valence-electron chi connectivity index (χ0n) is 23.0. The molecule has 0 spiro atoms. The smallest absolute Gasteiger partial charge is 0.281 e. The van der Waals surface area contributed by atoms with Crippen molar-refractivity contribution in [2.75, 3.05) is 27.3 Å². The fourth-order valence-corrected chi connectivity index (χ4v) is 4.97. The summed E-state index contributed by atoms with van der Waals surface area (Å²) in [5.74, 6) is 1.66. The van der Waals surface area contributed by atoms with Crippen molar-refractivity contribution in [3.63, 3.8) is 0 Å². The number of likely N-dealkylation sites (tertiary alicyclic amines) is 1. The number of aromatic nitrogens is 5. The number of piperidine rings is 1. The molecular formula is C29H34N6O4. The highest BCUT2D eigenvalue weighted by molar-refractivity contribution is 5.95. The maximum atomic E-state index is 13.1. The van der Waals surface area contributed by atoms with E-state index in [0.717, 1.165) is 5.56 Å². The second-order valence-electron chi connectivity index (χ2n) is 11.0.